The maximum atomic E-state index is 14.1. The Morgan fingerprint density at radius 3 is 2.26 bits per heavy atom. The zero-order valence-electron chi connectivity index (χ0n) is 24.2. The van der Waals surface area contributed by atoms with Crippen LogP contribution in [0.4, 0.5) is 18.9 Å². The first-order valence-electron chi connectivity index (χ1n) is 13.9. The van der Waals surface area contributed by atoms with Crippen LogP contribution in [0.1, 0.15) is 49.8 Å². The molecule has 3 aromatic rings. The summed E-state index contributed by atoms with van der Waals surface area (Å²) in [6.07, 6.45) is -3.00. The number of carbonyl (C=O) groups excluding carboxylic acids is 2. The van der Waals surface area contributed by atoms with Gasteiger partial charge in [-0.3, -0.25) is 13.9 Å². The molecule has 232 valence electrons. The predicted octanol–water partition coefficient (Wildman–Crippen LogP) is 6.59. The number of rotatable bonds is 13. The molecule has 0 aliphatic heterocycles. The van der Waals surface area contributed by atoms with Crippen LogP contribution in [0, 0.1) is 6.92 Å². The molecule has 12 heteroatoms. The molecule has 0 heterocycles. The van der Waals surface area contributed by atoms with Crippen LogP contribution >= 0.6 is 11.6 Å². The summed E-state index contributed by atoms with van der Waals surface area (Å²) < 4.78 is 69.3. The van der Waals surface area contributed by atoms with E-state index < -0.39 is 46.2 Å². The molecule has 0 aliphatic rings. The molecule has 3 aromatic carbocycles. The fourth-order valence-electron chi connectivity index (χ4n) is 4.44. The predicted molar refractivity (Wildman–Crippen MR) is 161 cm³/mol. The van der Waals surface area contributed by atoms with Gasteiger partial charge in [-0.25, -0.2) is 8.42 Å². The molecular formula is C31H35ClF3N3O4S. The Morgan fingerprint density at radius 2 is 1.65 bits per heavy atom. The van der Waals surface area contributed by atoms with Crippen LogP contribution < -0.4 is 9.62 Å². The second-order valence-electron chi connectivity index (χ2n) is 10.1. The number of aryl methyl sites for hydroxylation is 1. The second kappa shape index (κ2) is 14.7. The number of nitrogens with one attached hydrogen (secondary N) is 1. The number of nitrogens with zero attached hydrogens (tertiary/aromatic N) is 2. The highest BCUT2D eigenvalue weighted by molar-refractivity contribution is 7.92. The zero-order valence-corrected chi connectivity index (χ0v) is 25.8. The van der Waals surface area contributed by atoms with Crippen LogP contribution in [-0.4, -0.2) is 44.3 Å². The number of sulfonamides is 1. The minimum absolute atomic E-state index is 0.126. The molecule has 0 saturated heterocycles. The Balaban J connectivity index is 2.11. The van der Waals surface area contributed by atoms with E-state index in [0.29, 0.717) is 27.5 Å². The molecule has 0 spiro atoms. The average molecular weight is 638 g/mol. The molecule has 43 heavy (non-hydrogen) atoms. The van der Waals surface area contributed by atoms with Gasteiger partial charge in [0.25, 0.3) is 10.0 Å². The molecule has 0 fully saturated rings. The Bertz CT molecular complexity index is 1520. The van der Waals surface area contributed by atoms with Crippen LogP contribution in [-0.2, 0) is 32.3 Å². The van der Waals surface area contributed by atoms with Crippen LogP contribution in [0.2, 0.25) is 5.02 Å². The smallest absolute Gasteiger partial charge is 0.354 e. The van der Waals surface area contributed by atoms with E-state index in [1.807, 2.05) is 6.92 Å². The number of carbonyl (C=O) groups is 2. The average Bonchev–Trinajstić information content (AvgIpc) is 2.96. The lowest BCUT2D eigenvalue weighted by Crippen LogP contribution is -2.52. The van der Waals surface area contributed by atoms with Crippen molar-refractivity contribution >= 4 is 39.1 Å². The monoisotopic (exact) mass is 637 g/mol. The van der Waals surface area contributed by atoms with E-state index in [1.54, 1.807) is 50.2 Å². The maximum absolute atomic E-state index is 14.1. The number of alkyl halides is 3. The topological polar surface area (TPSA) is 86.8 Å². The molecule has 0 aromatic heterocycles. The van der Waals surface area contributed by atoms with Gasteiger partial charge in [-0.1, -0.05) is 73.8 Å². The molecule has 3 rings (SSSR count). The van der Waals surface area contributed by atoms with Crippen LogP contribution in [0.15, 0.2) is 77.7 Å². The largest absolute Gasteiger partial charge is 0.416 e. The maximum Gasteiger partial charge on any atom is 0.416 e. The lowest BCUT2D eigenvalue weighted by Gasteiger charge is -2.33. The van der Waals surface area contributed by atoms with Gasteiger partial charge in [0, 0.05) is 18.1 Å². The summed E-state index contributed by atoms with van der Waals surface area (Å²) in [5.74, 6) is -1.21. The molecule has 1 atom stereocenters. The summed E-state index contributed by atoms with van der Waals surface area (Å²) in [7, 11) is -4.52. The lowest BCUT2D eigenvalue weighted by atomic mass is 10.1. The number of hydrogen-bond donors (Lipinski definition) is 1. The van der Waals surface area contributed by atoms with E-state index in [-0.39, 0.29) is 23.5 Å². The van der Waals surface area contributed by atoms with Crippen LogP contribution in [0.5, 0.6) is 0 Å². The third-order valence-corrected chi connectivity index (χ3v) is 9.02. The van der Waals surface area contributed by atoms with E-state index in [2.05, 4.69) is 5.32 Å². The number of amides is 2. The molecule has 0 radical (unpaired) electrons. The fraction of sp³-hybridized carbons (Fsp3) is 0.355. The Hall–Kier alpha value is -3.57. The lowest BCUT2D eigenvalue weighted by molar-refractivity contribution is -0.140. The van der Waals surface area contributed by atoms with Gasteiger partial charge in [-0.05, 0) is 61.7 Å². The first kappa shape index (κ1) is 33.9. The van der Waals surface area contributed by atoms with Crippen molar-refractivity contribution in [3.8, 4) is 0 Å². The number of benzene rings is 3. The van der Waals surface area contributed by atoms with Gasteiger partial charge >= 0.3 is 6.18 Å². The molecule has 7 nitrogen and oxygen atoms in total. The van der Waals surface area contributed by atoms with Gasteiger partial charge in [0.15, 0.2) is 0 Å². The van der Waals surface area contributed by atoms with Crippen molar-refractivity contribution in [1.29, 1.82) is 0 Å². The van der Waals surface area contributed by atoms with Crippen LogP contribution in [0.3, 0.4) is 0 Å². The minimum atomic E-state index is -4.75. The summed E-state index contributed by atoms with van der Waals surface area (Å²) in [6.45, 7) is 4.84. The highest BCUT2D eigenvalue weighted by Crippen LogP contribution is 2.33. The first-order valence-corrected chi connectivity index (χ1v) is 15.7. The molecule has 0 aliphatic carbocycles. The van der Waals surface area contributed by atoms with Crippen molar-refractivity contribution in [3.05, 3.63) is 94.5 Å². The molecular weight excluding hydrogens is 603 g/mol. The quantitative estimate of drug-likeness (QED) is 0.214. The third kappa shape index (κ3) is 8.73. The van der Waals surface area contributed by atoms with E-state index in [1.165, 1.54) is 23.1 Å². The summed E-state index contributed by atoms with van der Waals surface area (Å²) in [4.78, 5) is 28.3. The minimum Gasteiger partial charge on any atom is -0.354 e. The fourth-order valence-corrected chi connectivity index (χ4v) is 6.04. The summed E-state index contributed by atoms with van der Waals surface area (Å²) in [6, 6.07) is 15.3. The Labute approximate surface area is 255 Å². The molecule has 0 bridgehead atoms. The van der Waals surface area contributed by atoms with Crippen molar-refractivity contribution in [2.24, 2.45) is 0 Å². The highest BCUT2D eigenvalue weighted by atomic mass is 35.5. The summed E-state index contributed by atoms with van der Waals surface area (Å²) >= 11 is 6.38. The van der Waals surface area contributed by atoms with E-state index >= 15 is 0 Å². The summed E-state index contributed by atoms with van der Waals surface area (Å²) in [5.41, 5.74) is -0.131. The first-order chi connectivity index (χ1) is 20.3. The molecule has 1 N–H and O–H groups in total. The van der Waals surface area contributed by atoms with Gasteiger partial charge < -0.3 is 10.2 Å². The van der Waals surface area contributed by atoms with Gasteiger partial charge in [-0.2, -0.15) is 13.2 Å². The van der Waals surface area contributed by atoms with E-state index in [9.17, 15) is 31.2 Å². The number of unbranched alkanes of at least 4 members (excludes halogenated alkanes) is 1. The van der Waals surface area contributed by atoms with Gasteiger partial charge in [0.2, 0.25) is 11.8 Å². The van der Waals surface area contributed by atoms with Gasteiger partial charge in [0.05, 0.1) is 16.1 Å². The number of hydrogen-bond acceptors (Lipinski definition) is 4. The second-order valence-corrected chi connectivity index (χ2v) is 12.3. The standard InChI is InChI=1S/C31H35ClF3N3O4S/c1-4-6-18-36-30(40)28(5-2)37(20-23-10-7-8-13-27(23)32)29(39)21-38(25-12-9-11-24(19-25)31(33,34)35)43(41,42)26-16-14-22(3)15-17-26/h7-17,19,28H,4-6,18,20-21H2,1-3H3,(H,36,40)/t28-/m0/s1. The van der Waals surface area contributed by atoms with E-state index in [0.717, 1.165) is 30.5 Å². The third-order valence-electron chi connectivity index (χ3n) is 6.86. The van der Waals surface area contributed by atoms with Crippen molar-refractivity contribution in [2.75, 3.05) is 17.4 Å². The van der Waals surface area contributed by atoms with E-state index in [4.69, 9.17) is 11.6 Å². The SMILES string of the molecule is CCCCNC(=O)[C@H](CC)N(Cc1ccccc1Cl)C(=O)CN(c1cccc(C(F)(F)F)c1)S(=O)(=O)c1ccc(C)cc1. The highest BCUT2D eigenvalue weighted by Gasteiger charge is 2.36. The molecule has 0 saturated carbocycles. The zero-order chi connectivity index (χ0) is 31.8. The number of halogens is 4. The van der Waals surface area contributed by atoms with Gasteiger partial charge in [0.1, 0.15) is 12.6 Å². The molecule has 2 amide bonds. The van der Waals surface area contributed by atoms with Crippen LogP contribution in [0.25, 0.3) is 0 Å². The van der Waals surface area contributed by atoms with Crippen molar-refractivity contribution < 1.29 is 31.2 Å². The Morgan fingerprint density at radius 1 is 0.977 bits per heavy atom. The number of anilines is 1. The van der Waals surface area contributed by atoms with Crippen molar-refractivity contribution in [2.45, 2.75) is 63.7 Å². The molecule has 0 unspecified atom stereocenters. The van der Waals surface area contributed by atoms with Crippen molar-refractivity contribution in [3.63, 3.8) is 0 Å². The summed E-state index contributed by atoms with van der Waals surface area (Å²) in [5, 5.41) is 3.15. The van der Waals surface area contributed by atoms with Gasteiger partial charge in [-0.15, -0.1) is 0 Å². The van der Waals surface area contributed by atoms with Crippen molar-refractivity contribution in [1.82, 2.24) is 10.2 Å². The normalized spacial score (nSPS) is 12.4. The Kier molecular flexibility index (Phi) is 11.6.